The molecule has 0 aliphatic heterocycles. The van der Waals surface area contributed by atoms with Gasteiger partial charge in [-0.25, -0.2) is 9.37 Å². The van der Waals surface area contributed by atoms with Crippen molar-refractivity contribution in [3.05, 3.63) is 39.8 Å². The van der Waals surface area contributed by atoms with E-state index in [9.17, 15) is 9.18 Å². The number of azide groups is 1. The number of benzene rings is 1. The van der Waals surface area contributed by atoms with Crippen molar-refractivity contribution in [3.8, 4) is 0 Å². The van der Waals surface area contributed by atoms with Gasteiger partial charge in [-0.2, -0.15) is 0 Å². The number of methoxy groups -OCH3 is 1. The number of carbonyl (C=O) groups excluding carboxylic acids is 1. The second kappa shape index (κ2) is 4.92. The molecule has 0 aliphatic rings. The van der Waals surface area contributed by atoms with E-state index >= 15 is 0 Å². The van der Waals surface area contributed by atoms with Crippen LogP contribution >= 0.6 is 0 Å². The van der Waals surface area contributed by atoms with Crippen LogP contribution in [0.5, 0.6) is 0 Å². The van der Waals surface area contributed by atoms with Crippen LogP contribution in [0.15, 0.2) is 21.7 Å². The smallest absolute Gasteiger partial charge is 0.255 e. The molecule has 104 valence electrons. The van der Waals surface area contributed by atoms with Crippen LogP contribution in [-0.2, 0) is 10.3 Å². The molecule has 0 N–H and O–H groups in total. The third kappa shape index (κ3) is 2.22. The largest absolute Gasteiger partial charge is 0.437 e. The monoisotopic (exact) mass is 278 g/mol. The molecule has 1 heterocycles. The van der Waals surface area contributed by atoms with Crippen molar-refractivity contribution in [2.75, 3.05) is 7.11 Å². The fourth-order valence-corrected chi connectivity index (χ4v) is 1.60. The summed E-state index contributed by atoms with van der Waals surface area (Å²) in [5.74, 6) is -1.71. The lowest BCUT2D eigenvalue weighted by atomic mass is 10.1. The summed E-state index contributed by atoms with van der Waals surface area (Å²) >= 11 is 0. The summed E-state index contributed by atoms with van der Waals surface area (Å²) in [6.45, 7) is 3.42. The molecule has 2 rings (SSSR count). The average molecular weight is 278 g/mol. The molecule has 0 spiro atoms. The molecule has 0 aliphatic carbocycles. The average Bonchev–Trinajstić information content (AvgIpc) is 2.83. The molecular formula is C12H11FN4O3. The van der Waals surface area contributed by atoms with Crippen molar-refractivity contribution in [2.24, 2.45) is 5.11 Å². The normalized spacial score (nSPS) is 11.4. The summed E-state index contributed by atoms with van der Waals surface area (Å²) in [7, 11) is 1.47. The molecule has 0 radical (unpaired) electrons. The topological polar surface area (TPSA) is 101 Å². The number of oxazole rings is 1. The van der Waals surface area contributed by atoms with Crippen LogP contribution in [0.4, 0.5) is 4.39 Å². The van der Waals surface area contributed by atoms with Gasteiger partial charge in [0, 0.05) is 12.0 Å². The summed E-state index contributed by atoms with van der Waals surface area (Å²) in [5, 5.41) is 2.88. The van der Waals surface area contributed by atoms with Gasteiger partial charge in [0.25, 0.3) is 5.91 Å². The number of halogens is 1. The molecule has 7 nitrogen and oxygen atoms in total. The van der Waals surface area contributed by atoms with E-state index in [1.54, 1.807) is 13.8 Å². The first-order chi connectivity index (χ1) is 9.40. The Morgan fingerprint density at radius 1 is 1.55 bits per heavy atom. The predicted molar refractivity (Wildman–Crippen MR) is 67.5 cm³/mol. The molecular weight excluding hydrogens is 267 g/mol. The lowest BCUT2D eigenvalue weighted by molar-refractivity contribution is -0.00246. The van der Waals surface area contributed by atoms with Gasteiger partial charge in [0.2, 0.25) is 5.89 Å². The van der Waals surface area contributed by atoms with Crippen molar-refractivity contribution < 1.29 is 18.3 Å². The number of fused-ring (bicyclic) bond motifs is 1. The van der Waals surface area contributed by atoms with E-state index in [4.69, 9.17) is 14.7 Å². The fraction of sp³-hybridized carbons (Fsp3) is 0.333. The summed E-state index contributed by atoms with van der Waals surface area (Å²) in [6.07, 6.45) is 0. The number of nitrogens with zero attached hydrogens (tertiary/aromatic N) is 4. The van der Waals surface area contributed by atoms with Crippen molar-refractivity contribution in [1.82, 2.24) is 4.98 Å². The standard InChI is InChI=1S/C12H11FN4O3/c1-12(2,19-3)11-15-7-5-4-6(13)8(9(7)20-11)10(18)16-17-14/h4-5H,1-3H3. The van der Waals surface area contributed by atoms with Crippen LogP contribution in [0.2, 0.25) is 0 Å². The number of hydrogen-bond donors (Lipinski definition) is 0. The van der Waals surface area contributed by atoms with Crippen molar-refractivity contribution in [2.45, 2.75) is 19.4 Å². The van der Waals surface area contributed by atoms with Crippen LogP contribution in [0.3, 0.4) is 0 Å². The number of amides is 1. The number of ether oxygens (including phenoxy) is 1. The van der Waals surface area contributed by atoms with E-state index in [2.05, 4.69) is 15.0 Å². The van der Waals surface area contributed by atoms with Gasteiger partial charge in [-0.05, 0) is 36.6 Å². The molecule has 0 fully saturated rings. The number of hydrogen-bond acceptors (Lipinski definition) is 4. The van der Waals surface area contributed by atoms with Gasteiger partial charge in [0.15, 0.2) is 5.58 Å². The minimum Gasteiger partial charge on any atom is -0.437 e. The molecule has 8 heteroatoms. The second-order valence-corrected chi connectivity index (χ2v) is 4.50. The Morgan fingerprint density at radius 2 is 2.25 bits per heavy atom. The van der Waals surface area contributed by atoms with Gasteiger partial charge < -0.3 is 9.15 Å². The highest BCUT2D eigenvalue weighted by Crippen LogP contribution is 2.30. The molecule has 0 saturated carbocycles. The van der Waals surface area contributed by atoms with Crippen LogP contribution in [0.1, 0.15) is 30.1 Å². The van der Waals surface area contributed by atoms with E-state index in [-0.39, 0.29) is 17.0 Å². The van der Waals surface area contributed by atoms with Gasteiger partial charge in [0.1, 0.15) is 22.5 Å². The van der Waals surface area contributed by atoms with E-state index in [1.165, 1.54) is 13.2 Å². The zero-order valence-electron chi connectivity index (χ0n) is 11.0. The van der Waals surface area contributed by atoms with E-state index in [0.717, 1.165) is 6.07 Å². The minimum absolute atomic E-state index is 0.0671. The molecule has 0 atom stereocenters. The maximum absolute atomic E-state index is 13.8. The molecule has 1 aromatic carbocycles. The highest BCUT2D eigenvalue weighted by molar-refractivity contribution is 6.04. The first-order valence-corrected chi connectivity index (χ1v) is 5.65. The Bertz CT molecular complexity index is 732. The Labute approximate surface area is 113 Å². The number of aromatic nitrogens is 1. The zero-order valence-corrected chi connectivity index (χ0v) is 11.0. The van der Waals surface area contributed by atoms with Crippen LogP contribution in [-0.4, -0.2) is 18.0 Å². The maximum atomic E-state index is 13.8. The minimum atomic E-state index is -1.06. The Balaban J connectivity index is 2.72. The Hall–Kier alpha value is -2.44. The molecule has 0 unspecified atom stereocenters. The van der Waals surface area contributed by atoms with Crippen LogP contribution in [0, 0.1) is 5.82 Å². The van der Waals surface area contributed by atoms with Gasteiger partial charge in [-0.15, -0.1) is 0 Å². The van der Waals surface area contributed by atoms with Crippen molar-refractivity contribution in [1.29, 1.82) is 0 Å². The molecule has 20 heavy (non-hydrogen) atoms. The van der Waals surface area contributed by atoms with E-state index < -0.39 is 22.9 Å². The molecule has 1 aromatic heterocycles. The lowest BCUT2D eigenvalue weighted by Crippen LogP contribution is -2.19. The first kappa shape index (κ1) is 14.0. The summed E-state index contributed by atoms with van der Waals surface area (Å²) < 4.78 is 24.4. The lowest BCUT2D eigenvalue weighted by Gasteiger charge is -2.17. The van der Waals surface area contributed by atoms with Crippen molar-refractivity contribution >= 4 is 17.0 Å². The summed E-state index contributed by atoms with van der Waals surface area (Å²) in [4.78, 5) is 18.1. The predicted octanol–water partition coefficient (Wildman–Crippen LogP) is 3.30. The zero-order chi connectivity index (χ0) is 14.9. The molecule has 1 amide bonds. The SMILES string of the molecule is COC(C)(C)c1nc2ccc(F)c(C(=O)N=[N+]=[N-])c2o1. The van der Waals surface area contributed by atoms with Crippen molar-refractivity contribution in [3.63, 3.8) is 0 Å². The first-order valence-electron chi connectivity index (χ1n) is 5.65. The fourth-order valence-electron chi connectivity index (χ4n) is 1.60. The van der Waals surface area contributed by atoms with Gasteiger partial charge in [-0.1, -0.05) is 0 Å². The summed E-state index contributed by atoms with van der Waals surface area (Å²) in [6, 6.07) is 2.44. The summed E-state index contributed by atoms with van der Waals surface area (Å²) in [5.41, 5.74) is 7.22. The molecule has 0 bridgehead atoms. The van der Waals surface area contributed by atoms with Crippen LogP contribution < -0.4 is 0 Å². The quantitative estimate of drug-likeness (QED) is 0.488. The number of carbonyl (C=O) groups is 1. The second-order valence-electron chi connectivity index (χ2n) is 4.50. The van der Waals surface area contributed by atoms with Gasteiger partial charge in [-0.3, -0.25) is 4.79 Å². The third-order valence-corrected chi connectivity index (χ3v) is 2.88. The number of rotatable bonds is 3. The van der Waals surface area contributed by atoms with Crippen LogP contribution in [0.25, 0.3) is 21.5 Å². The van der Waals surface area contributed by atoms with E-state index in [0.29, 0.717) is 0 Å². The third-order valence-electron chi connectivity index (χ3n) is 2.88. The maximum Gasteiger partial charge on any atom is 0.255 e. The van der Waals surface area contributed by atoms with Gasteiger partial charge in [0.05, 0.1) is 0 Å². The molecule has 2 aromatic rings. The Kier molecular flexibility index (Phi) is 3.44. The van der Waals surface area contributed by atoms with Gasteiger partial charge >= 0.3 is 0 Å². The highest BCUT2D eigenvalue weighted by Gasteiger charge is 2.28. The Morgan fingerprint density at radius 3 is 2.85 bits per heavy atom. The van der Waals surface area contributed by atoms with E-state index in [1.807, 2.05) is 0 Å². The highest BCUT2D eigenvalue weighted by atomic mass is 19.1. The molecule has 0 saturated heterocycles.